The van der Waals surface area contributed by atoms with Crippen LogP contribution in [0.15, 0.2) is 47.3 Å². The molecule has 1 aromatic carbocycles. The van der Waals surface area contributed by atoms with Gasteiger partial charge in [-0.05, 0) is 52.4 Å². The predicted octanol–water partition coefficient (Wildman–Crippen LogP) is 3.07. The summed E-state index contributed by atoms with van der Waals surface area (Å²) in [6.45, 7) is 1.33. The summed E-state index contributed by atoms with van der Waals surface area (Å²) < 4.78 is 7.30. The van der Waals surface area contributed by atoms with Crippen LogP contribution in [0.3, 0.4) is 0 Å². The molecular weight excluding hydrogens is 580 g/mol. The molecule has 1 aliphatic heterocycles. The van der Waals surface area contributed by atoms with Gasteiger partial charge in [-0.3, -0.25) is 19.1 Å². The van der Waals surface area contributed by atoms with Gasteiger partial charge in [-0.25, -0.2) is 15.0 Å². The molecule has 0 radical (unpaired) electrons. The maximum atomic E-state index is 13.6. The fourth-order valence-electron chi connectivity index (χ4n) is 5.35. The highest BCUT2D eigenvalue weighted by Gasteiger charge is 2.56. The molecule has 0 unspecified atom stereocenters. The number of methoxy groups -OCH3 is 1. The van der Waals surface area contributed by atoms with Crippen molar-refractivity contribution in [1.82, 2.24) is 29.6 Å². The molecule has 12 nitrogen and oxygen atoms in total. The van der Waals surface area contributed by atoms with Gasteiger partial charge in [0.05, 0.1) is 12.6 Å². The van der Waals surface area contributed by atoms with Crippen LogP contribution in [0.25, 0.3) is 22.0 Å². The summed E-state index contributed by atoms with van der Waals surface area (Å²) in [7, 11) is 1.53. The number of halogens is 1. The van der Waals surface area contributed by atoms with E-state index >= 15 is 0 Å². The van der Waals surface area contributed by atoms with E-state index in [9.17, 15) is 14.4 Å². The number of aromatic nitrogens is 5. The molecule has 4 aromatic rings. The van der Waals surface area contributed by atoms with Gasteiger partial charge in [0.2, 0.25) is 17.8 Å². The molecule has 1 saturated heterocycles. The Morgan fingerprint density at radius 2 is 1.90 bits per heavy atom. The Kier molecular flexibility index (Phi) is 6.45. The molecule has 2 aliphatic rings. The maximum Gasteiger partial charge on any atom is 0.248 e. The molecule has 4 heterocycles. The van der Waals surface area contributed by atoms with Gasteiger partial charge in [-0.2, -0.15) is 5.10 Å². The van der Waals surface area contributed by atoms with Crippen LogP contribution >= 0.6 is 15.9 Å². The molecule has 3 aromatic heterocycles. The first kappa shape index (κ1) is 25.9. The maximum absolute atomic E-state index is 13.6. The van der Waals surface area contributed by atoms with Crippen LogP contribution < -0.4 is 15.8 Å². The second kappa shape index (κ2) is 9.97. The lowest BCUT2D eigenvalue weighted by molar-refractivity contribution is -0.138. The van der Waals surface area contributed by atoms with Crippen molar-refractivity contribution in [3.05, 3.63) is 53.0 Å². The molecule has 204 valence electrons. The van der Waals surface area contributed by atoms with E-state index < -0.39 is 6.04 Å². The summed E-state index contributed by atoms with van der Waals surface area (Å²) in [5, 5.41) is 7.93. The monoisotopic (exact) mass is 604 g/mol. The second-order valence-electron chi connectivity index (χ2n) is 9.94. The van der Waals surface area contributed by atoms with Gasteiger partial charge >= 0.3 is 0 Å². The number of nitrogen functional groups attached to an aromatic ring is 1. The van der Waals surface area contributed by atoms with E-state index in [2.05, 4.69) is 41.3 Å². The van der Waals surface area contributed by atoms with Crippen LogP contribution in [0.4, 0.5) is 11.8 Å². The van der Waals surface area contributed by atoms with E-state index in [0.717, 1.165) is 17.5 Å². The number of hydrogen-bond donors (Lipinski definition) is 2. The standard InChI is InChI=1S/C27H25BrN8O4/c1-13(37)25-18-5-14(16-10-30-27(29)31-11-16)3-4-19(18)35(34-25)12-24(38)36-20-6-15(20)7-21(36)26(39)33-23-9-17(40-2)8-22(28)32-23/h3-5,8-11,15,20-21H,6-7,12H2,1-2H3,(H2,29,30,31)(H,32,33,39)/t15-,20-,21+/m1/s1. The number of likely N-dealkylation sites (tertiary alicyclic amines) is 1. The van der Waals surface area contributed by atoms with Gasteiger partial charge in [0.1, 0.15) is 34.5 Å². The summed E-state index contributed by atoms with van der Waals surface area (Å²) in [5.41, 5.74) is 8.02. The number of nitrogens with two attached hydrogens (primary N) is 1. The first-order valence-corrected chi connectivity index (χ1v) is 13.4. The van der Waals surface area contributed by atoms with E-state index in [1.807, 2.05) is 18.2 Å². The zero-order valence-corrected chi connectivity index (χ0v) is 23.3. The molecule has 6 rings (SSSR count). The number of pyridine rings is 1. The zero-order chi connectivity index (χ0) is 28.1. The van der Waals surface area contributed by atoms with Crippen LogP contribution in [-0.2, 0) is 16.1 Å². The summed E-state index contributed by atoms with van der Waals surface area (Å²) >= 11 is 3.32. The number of amides is 2. The minimum atomic E-state index is -0.630. The van der Waals surface area contributed by atoms with Gasteiger partial charge < -0.3 is 20.7 Å². The van der Waals surface area contributed by atoms with E-state index in [-0.39, 0.29) is 47.7 Å². The van der Waals surface area contributed by atoms with Crippen molar-refractivity contribution in [3.8, 4) is 16.9 Å². The van der Waals surface area contributed by atoms with Crippen molar-refractivity contribution in [3.63, 3.8) is 0 Å². The Morgan fingerprint density at radius 3 is 2.62 bits per heavy atom. The smallest absolute Gasteiger partial charge is 0.248 e. The summed E-state index contributed by atoms with van der Waals surface area (Å²) in [6, 6.07) is 8.19. The molecule has 13 heteroatoms. The molecule has 1 saturated carbocycles. The summed E-state index contributed by atoms with van der Waals surface area (Å²) in [4.78, 5) is 53.4. The molecule has 3 atom stereocenters. The van der Waals surface area contributed by atoms with E-state index in [1.165, 1.54) is 18.7 Å². The third kappa shape index (κ3) is 4.76. The molecule has 1 aliphatic carbocycles. The Morgan fingerprint density at radius 1 is 1.12 bits per heavy atom. The molecule has 2 amide bonds. The van der Waals surface area contributed by atoms with Gasteiger partial charge in [0, 0.05) is 48.4 Å². The minimum Gasteiger partial charge on any atom is -0.497 e. The van der Waals surface area contributed by atoms with Crippen molar-refractivity contribution in [1.29, 1.82) is 0 Å². The van der Waals surface area contributed by atoms with Crippen LogP contribution in [0, 0.1) is 5.92 Å². The number of piperidine rings is 1. The Bertz CT molecular complexity index is 1670. The number of nitrogens with one attached hydrogen (secondary N) is 1. The Hall–Kier alpha value is -4.39. The third-order valence-electron chi connectivity index (χ3n) is 7.32. The summed E-state index contributed by atoms with van der Waals surface area (Å²) in [5.74, 6) is 0.559. The normalized spacial score (nSPS) is 19.4. The van der Waals surface area contributed by atoms with Crippen LogP contribution in [-0.4, -0.2) is 66.4 Å². The van der Waals surface area contributed by atoms with Gasteiger partial charge in [0.15, 0.2) is 5.78 Å². The first-order chi connectivity index (χ1) is 19.2. The second-order valence-corrected chi connectivity index (χ2v) is 10.8. The van der Waals surface area contributed by atoms with Gasteiger partial charge in [0.25, 0.3) is 0 Å². The number of Topliss-reactive ketones (excluding diaryl/α,β-unsaturated/α-hetero) is 1. The van der Waals surface area contributed by atoms with Crippen molar-refractivity contribution in [2.75, 3.05) is 18.2 Å². The number of fused-ring (bicyclic) bond motifs is 2. The van der Waals surface area contributed by atoms with Crippen molar-refractivity contribution < 1.29 is 19.1 Å². The summed E-state index contributed by atoms with van der Waals surface area (Å²) in [6.07, 6.45) is 4.66. The number of benzene rings is 1. The number of hydrogen-bond acceptors (Lipinski definition) is 9. The van der Waals surface area contributed by atoms with Gasteiger partial charge in [-0.1, -0.05) is 6.07 Å². The van der Waals surface area contributed by atoms with Crippen LogP contribution in [0.1, 0.15) is 30.3 Å². The average molecular weight is 605 g/mol. The van der Waals surface area contributed by atoms with Gasteiger partial charge in [-0.15, -0.1) is 0 Å². The Balaban J connectivity index is 1.26. The van der Waals surface area contributed by atoms with E-state index in [0.29, 0.717) is 33.5 Å². The average Bonchev–Trinajstić information content (AvgIpc) is 3.43. The fourth-order valence-corrected chi connectivity index (χ4v) is 5.77. The van der Waals surface area contributed by atoms with Crippen molar-refractivity contribution in [2.45, 2.75) is 38.4 Å². The number of rotatable bonds is 7. The predicted molar refractivity (Wildman–Crippen MR) is 149 cm³/mol. The third-order valence-corrected chi connectivity index (χ3v) is 7.73. The fraction of sp³-hybridized carbons (Fsp3) is 0.296. The molecule has 40 heavy (non-hydrogen) atoms. The number of carbonyl (C=O) groups excluding carboxylic acids is 3. The zero-order valence-electron chi connectivity index (χ0n) is 21.7. The molecular formula is C27H25BrN8O4. The topological polar surface area (TPSA) is 158 Å². The highest BCUT2D eigenvalue weighted by atomic mass is 79.9. The van der Waals surface area contributed by atoms with Crippen molar-refractivity contribution >= 4 is 56.2 Å². The Labute approximate surface area is 237 Å². The highest BCUT2D eigenvalue weighted by Crippen LogP contribution is 2.48. The minimum absolute atomic E-state index is 0.0134. The number of ketones is 1. The number of ether oxygens (including phenoxy) is 1. The molecule has 2 fully saturated rings. The number of carbonyl (C=O) groups is 3. The largest absolute Gasteiger partial charge is 0.497 e. The highest BCUT2D eigenvalue weighted by molar-refractivity contribution is 9.10. The molecule has 0 spiro atoms. The molecule has 3 N–H and O–H groups in total. The SMILES string of the molecule is COc1cc(Br)nc(NC(=O)[C@@H]2C[C@H]3C[C@H]3N2C(=O)Cn2nc(C(C)=O)c3cc(-c4cnc(N)nc4)ccc32)c1. The lowest BCUT2D eigenvalue weighted by Crippen LogP contribution is -2.46. The number of nitrogens with zero attached hydrogens (tertiary/aromatic N) is 6. The van der Waals surface area contributed by atoms with Crippen LogP contribution in [0.2, 0.25) is 0 Å². The van der Waals surface area contributed by atoms with E-state index in [4.69, 9.17) is 10.5 Å². The lowest BCUT2D eigenvalue weighted by Gasteiger charge is -2.27. The lowest BCUT2D eigenvalue weighted by atomic mass is 10.0. The quantitative estimate of drug-likeness (QED) is 0.239. The first-order valence-electron chi connectivity index (χ1n) is 12.6. The number of anilines is 2. The molecule has 0 bridgehead atoms. The van der Waals surface area contributed by atoms with E-state index in [1.54, 1.807) is 29.4 Å². The van der Waals surface area contributed by atoms with Crippen molar-refractivity contribution in [2.24, 2.45) is 5.92 Å². The van der Waals surface area contributed by atoms with Crippen LogP contribution in [0.5, 0.6) is 5.75 Å².